The summed E-state index contributed by atoms with van der Waals surface area (Å²) in [5, 5.41) is 11.1. The van der Waals surface area contributed by atoms with E-state index in [1.165, 1.54) is 38.2 Å². The van der Waals surface area contributed by atoms with Gasteiger partial charge in [0.15, 0.2) is 23.5 Å². The highest BCUT2D eigenvalue weighted by Gasteiger charge is 2.34. The van der Waals surface area contributed by atoms with Gasteiger partial charge in [-0.3, -0.25) is 4.79 Å². The van der Waals surface area contributed by atoms with Gasteiger partial charge in [-0.2, -0.15) is 0 Å². The van der Waals surface area contributed by atoms with Crippen molar-refractivity contribution in [3.05, 3.63) is 52.1 Å². The topological polar surface area (TPSA) is 90.7 Å². The highest BCUT2D eigenvalue weighted by Crippen LogP contribution is 2.45. The van der Waals surface area contributed by atoms with E-state index in [1.807, 2.05) is 45.4 Å². The molecule has 1 aromatic carbocycles. The van der Waals surface area contributed by atoms with Crippen molar-refractivity contribution in [1.82, 2.24) is 9.55 Å². The van der Waals surface area contributed by atoms with Gasteiger partial charge >= 0.3 is 5.97 Å². The molecule has 1 aliphatic heterocycles. The number of aromatic nitrogens is 2. The molecule has 1 saturated carbocycles. The molecule has 0 spiro atoms. The fourth-order valence-electron chi connectivity index (χ4n) is 6.84. The number of ether oxygens (including phenoxy) is 2. The van der Waals surface area contributed by atoms with E-state index in [2.05, 4.69) is 0 Å². The lowest BCUT2D eigenvalue weighted by atomic mass is 9.85. The van der Waals surface area contributed by atoms with Crippen LogP contribution in [0.4, 0.5) is 4.39 Å². The number of ketones is 1. The number of carboxylic acids is 1. The minimum absolute atomic E-state index is 0.0861. The van der Waals surface area contributed by atoms with Gasteiger partial charge in [0, 0.05) is 46.9 Å². The van der Waals surface area contributed by atoms with E-state index in [0.29, 0.717) is 58.8 Å². The van der Waals surface area contributed by atoms with Crippen LogP contribution in [0.2, 0.25) is 0 Å². The lowest BCUT2D eigenvalue weighted by Crippen LogP contribution is -2.28. The quantitative estimate of drug-likeness (QED) is 0.248. The molecule has 1 N–H and O–H groups in total. The van der Waals surface area contributed by atoms with Crippen LogP contribution in [0.15, 0.2) is 18.2 Å². The Kier molecular flexibility index (Phi) is 9.30. The molecule has 8 heteroatoms. The van der Waals surface area contributed by atoms with Gasteiger partial charge in [-0.05, 0) is 95.2 Å². The molecule has 0 saturated heterocycles. The second-order valence-electron chi connectivity index (χ2n) is 13.4. The third-order valence-electron chi connectivity index (χ3n) is 9.07. The van der Waals surface area contributed by atoms with Crippen molar-refractivity contribution in [2.24, 2.45) is 13.0 Å². The maximum absolute atomic E-state index is 15.6. The van der Waals surface area contributed by atoms with Crippen molar-refractivity contribution in [2.75, 3.05) is 6.61 Å². The number of aliphatic carboxylic acids is 1. The summed E-state index contributed by atoms with van der Waals surface area (Å²) in [6.45, 7) is 9.58. The Labute approximate surface area is 259 Å². The van der Waals surface area contributed by atoms with E-state index in [0.717, 1.165) is 29.7 Å². The predicted molar refractivity (Wildman–Crippen MR) is 170 cm³/mol. The number of aryl methyl sites for hydroxylation is 2. The molecule has 5 rings (SSSR count). The Morgan fingerprint density at radius 3 is 2.59 bits per heavy atom. The number of benzene rings is 1. The Morgan fingerprint density at radius 2 is 1.91 bits per heavy atom. The van der Waals surface area contributed by atoms with Crippen molar-refractivity contribution < 1.29 is 28.6 Å². The molecule has 44 heavy (non-hydrogen) atoms. The average Bonchev–Trinajstić information content (AvgIpc) is 3.29. The molecule has 236 valence electrons. The number of hydrogen-bond donors (Lipinski definition) is 1. The number of fused-ring (bicyclic) bond motifs is 2. The molecule has 7 nitrogen and oxygen atoms in total. The van der Waals surface area contributed by atoms with Gasteiger partial charge in [0.1, 0.15) is 5.65 Å². The molecule has 2 aliphatic rings. The number of carboxylic acid groups (broad SMARTS) is 1. The van der Waals surface area contributed by atoms with Crippen LogP contribution in [0.3, 0.4) is 0 Å². The van der Waals surface area contributed by atoms with E-state index in [9.17, 15) is 14.7 Å². The van der Waals surface area contributed by atoms with Crippen molar-refractivity contribution in [3.8, 4) is 16.9 Å². The van der Waals surface area contributed by atoms with Crippen LogP contribution in [-0.4, -0.2) is 38.6 Å². The molecule has 1 aliphatic carbocycles. The fraction of sp³-hybridized carbons (Fsp3) is 0.528. The zero-order valence-electron chi connectivity index (χ0n) is 26.9. The molecule has 3 aromatic rings. The molecule has 0 amide bonds. The van der Waals surface area contributed by atoms with Crippen molar-refractivity contribution in [1.29, 1.82) is 0 Å². The smallest absolute Gasteiger partial charge is 0.337 e. The SMILES string of the molecule is Cc1nc2c(cc(/C=C/C(=O)CCC3CCCCC3)n2C)c(-c2cc(F)c3c(c2C)CCCO3)c1[C@H](OC(C)(C)C)C(=O)O. The maximum Gasteiger partial charge on any atom is 0.337 e. The number of carbonyl (C=O) groups excluding carboxylic acids is 1. The highest BCUT2D eigenvalue weighted by molar-refractivity contribution is 6.01. The summed E-state index contributed by atoms with van der Waals surface area (Å²) in [6, 6.07) is 3.36. The Bertz CT molecular complexity index is 1610. The minimum Gasteiger partial charge on any atom is -0.490 e. The Balaban J connectivity index is 1.65. The van der Waals surface area contributed by atoms with E-state index < -0.39 is 23.5 Å². The molecule has 0 radical (unpaired) electrons. The average molecular weight is 605 g/mol. The summed E-state index contributed by atoms with van der Waals surface area (Å²) in [4.78, 5) is 30.5. The Morgan fingerprint density at radius 1 is 1.18 bits per heavy atom. The maximum atomic E-state index is 15.6. The van der Waals surface area contributed by atoms with Crippen LogP contribution in [0, 0.1) is 25.6 Å². The van der Waals surface area contributed by atoms with Gasteiger partial charge in [-0.1, -0.05) is 32.1 Å². The molecular weight excluding hydrogens is 559 g/mol. The summed E-state index contributed by atoms with van der Waals surface area (Å²) in [5.41, 5.74) is 4.27. The first-order valence-electron chi connectivity index (χ1n) is 15.9. The second kappa shape index (κ2) is 12.8. The van der Waals surface area contributed by atoms with Gasteiger partial charge in [-0.25, -0.2) is 14.2 Å². The zero-order chi connectivity index (χ0) is 31.8. The van der Waals surface area contributed by atoms with Crippen molar-refractivity contribution in [3.63, 3.8) is 0 Å². The molecule has 1 fully saturated rings. The van der Waals surface area contributed by atoms with E-state index in [-0.39, 0.29) is 11.5 Å². The summed E-state index contributed by atoms with van der Waals surface area (Å²) in [7, 11) is 1.87. The number of nitrogens with zero attached hydrogens (tertiary/aromatic N) is 2. The number of halogens is 1. The normalized spacial score (nSPS) is 16.7. The fourth-order valence-corrected chi connectivity index (χ4v) is 6.84. The third kappa shape index (κ3) is 6.60. The lowest BCUT2D eigenvalue weighted by molar-refractivity contribution is -0.160. The van der Waals surface area contributed by atoms with E-state index in [4.69, 9.17) is 14.5 Å². The molecule has 2 aromatic heterocycles. The largest absolute Gasteiger partial charge is 0.490 e. The van der Waals surface area contributed by atoms with Crippen LogP contribution in [0.1, 0.15) is 106 Å². The summed E-state index contributed by atoms with van der Waals surface area (Å²) in [5.74, 6) is -0.634. The van der Waals surface area contributed by atoms with Crippen LogP contribution in [0.25, 0.3) is 28.2 Å². The number of hydrogen-bond acceptors (Lipinski definition) is 5. The number of carbonyl (C=O) groups is 2. The van der Waals surface area contributed by atoms with Crippen LogP contribution in [-0.2, 0) is 27.8 Å². The van der Waals surface area contributed by atoms with Gasteiger partial charge in [0.25, 0.3) is 0 Å². The van der Waals surface area contributed by atoms with Gasteiger partial charge < -0.3 is 19.1 Å². The Hall–Kier alpha value is -3.52. The van der Waals surface area contributed by atoms with Gasteiger partial charge in [-0.15, -0.1) is 0 Å². The third-order valence-corrected chi connectivity index (χ3v) is 9.07. The van der Waals surface area contributed by atoms with Crippen LogP contribution >= 0.6 is 0 Å². The second-order valence-corrected chi connectivity index (χ2v) is 13.4. The number of rotatable bonds is 9. The van der Waals surface area contributed by atoms with Gasteiger partial charge in [0.2, 0.25) is 0 Å². The number of pyridine rings is 1. The van der Waals surface area contributed by atoms with Crippen LogP contribution < -0.4 is 4.74 Å². The zero-order valence-corrected chi connectivity index (χ0v) is 26.9. The molecule has 0 unspecified atom stereocenters. The molecular formula is C36H45FN2O5. The summed E-state index contributed by atoms with van der Waals surface area (Å²) < 4.78 is 29.3. The molecule has 0 bridgehead atoms. The first-order valence-corrected chi connectivity index (χ1v) is 15.9. The highest BCUT2D eigenvalue weighted by atomic mass is 19.1. The standard InChI is InChI=1S/C36H45FN2O5/c1-21-26-13-10-18-43-32(26)29(37)20-27(21)31-28-19-24(15-17-25(40)16-14-23-11-8-7-9-12-23)39(6)34(28)38-22(2)30(31)33(35(41)42)44-36(3,4)5/h15,17,19-20,23,33H,7-14,16,18H2,1-6H3,(H,41,42)/b17-15+/t33-/m0/s1. The van der Waals surface area contributed by atoms with Crippen molar-refractivity contribution >= 4 is 28.9 Å². The van der Waals surface area contributed by atoms with E-state index >= 15 is 4.39 Å². The lowest BCUT2D eigenvalue weighted by Gasteiger charge is -2.29. The predicted octanol–water partition coefficient (Wildman–Crippen LogP) is 8.20. The molecule has 3 heterocycles. The van der Waals surface area contributed by atoms with Gasteiger partial charge in [0.05, 0.1) is 12.2 Å². The molecule has 1 atom stereocenters. The van der Waals surface area contributed by atoms with Crippen LogP contribution in [0.5, 0.6) is 5.75 Å². The van der Waals surface area contributed by atoms with E-state index in [1.54, 1.807) is 19.1 Å². The monoisotopic (exact) mass is 604 g/mol. The summed E-state index contributed by atoms with van der Waals surface area (Å²) in [6.07, 6.45) is 11.2. The minimum atomic E-state index is -1.34. The number of allylic oxidation sites excluding steroid dienone is 1. The first-order chi connectivity index (χ1) is 20.9. The first kappa shape index (κ1) is 31.9. The van der Waals surface area contributed by atoms with Crippen molar-refractivity contribution in [2.45, 2.75) is 104 Å². The summed E-state index contributed by atoms with van der Waals surface area (Å²) >= 11 is 0.